The minimum Gasteiger partial charge on any atom is -0.456 e. The molecule has 0 aromatic heterocycles. The van der Waals surface area contributed by atoms with Gasteiger partial charge in [0.05, 0.1) is 11.1 Å². The summed E-state index contributed by atoms with van der Waals surface area (Å²) < 4.78 is 6.12. The monoisotopic (exact) mass is 422 g/mol. The third kappa shape index (κ3) is 4.51. The highest BCUT2D eigenvalue weighted by molar-refractivity contribution is 6.11. The predicted octanol–water partition coefficient (Wildman–Crippen LogP) is 5.93. The van der Waals surface area contributed by atoms with Crippen LogP contribution in [-0.4, -0.2) is 16.7 Å². The molecular formula is C28H22O4. The minimum absolute atomic E-state index is 0.172. The summed E-state index contributed by atoms with van der Waals surface area (Å²) in [6, 6.07) is 29.8. The minimum atomic E-state index is -1.32. The Morgan fingerprint density at radius 3 is 2.06 bits per heavy atom. The topological polar surface area (TPSA) is 63.6 Å². The average molecular weight is 422 g/mol. The number of hydrogen-bond acceptors (Lipinski definition) is 4. The zero-order valence-corrected chi connectivity index (χ0v) is 17.6. The van der Waals surface area contributed by atoms with Crippen LogP contribution in [-0.2, 0) is 0 Å². The number of ether oxygens (including phenoxy) is 1. The van der Waals surface area contributed by atoms with Gasteiger partial charge in [-0.15, -0.1) is 0 Å². The summed E-state index contributed by atoms with van der Waals surface area (Å²) in [6.45, 7) is 1.90. The second-order valence-electron chi connectivity index (χ2n) is 7.47. The molecule has 4 rings (SSSR count). The number of Topliss-reactive ketones (excluding diaryl/α,β-unsaturated/α-hetero) is 1. The number of benzene rings is 4. The van der Waals surface area contributed by atoms with Crippen LogP contribution in [0.1, 0.15) is 43.5 Å². The van der Waals surface area contributed by atoms with Crippen LogP contribution in [0.3, 0.4) is 0 Å². The maximum Gasteiger partial charge on any atom is 0.199 e. The third-order valence-electron chi connectivity index (χ3n) is 5.15. The van der Waals surface area contributed by atoms with Gasteiger partial charge in [-0.3, -0.25) is 9.59 Å². The Morgan fingerprint density at radius 2 is 1.34 bits per heavy atom. The molecule has 158 valence electrons. The SMILES string of the molecule is Cc1ccc(C(=O)c2ccccc2)c(Oc2ccccc2C(=O)C(O)c2ccccc2)c1. The Kier molecular flexibility index (Phi) is 6.24. The standard InChI is InChI=1S/C28H22O4/c1-19-16-17-23(26(29)20-10-4-2-5-11-20)25(18-19)32-24-15-9-8-14-22(24)28(31)27(30)21-12-6-3-7-13-21/h2-18,27,30H,1H3. The zero-order valence-electron chi connectivity index (χ0n) is 17.6. The Morgan fingerprint density at radius 1 is 0.719 bits per heavy atom. The second kappa shape index (κ2) is 9.41. The highest BCUT2D eigenvalue weighted by Gasteiger charge is 2.23. The first-order valence-electron chi connectivity index (χ1n) is 10.3. The van der Waals surface area contributed by atoms with Crippen molar-refractivity contribution in [1.29, 1.82) is 0 Å². The van der Waals surface area contributed by atoms with Crippen molar-refractivity contribution in [3.05, 3.63) is 131 Å². The third-order valence-corrected chi connectivity index (χ3v) is 5.15. The van der Waals surface area contributed by atoms with Crippen molar-refractivity contribution in [3.63, 3.8) is 0 Å². The van der Waals surface area contributed by atoms with Gasteiger partial charge in [-0.1, -0.05) is 78.9 Å². The summed E-state index contributed by atoms with van der Waals surface area (Å²) in [4.78, 5) is 26.2. The normalized spacial score (nSPS) is 11.6. The van der Waals surface area contributed by atoms with E-state index in [2.05, 4.69) is 0 Å². The van der Waals surface area contributed by atoms with Gasteiger partial charge < -0.3 is 9.84 Å². The van der Waals surface area contributed by atoms with Gasteiger partial charge in [-0.2, -0.15) is 0 Å². The number of aliphatic hydroxyl groups is 1. The average Bonchev–Trinajstić information content (AvgIpc) is 2.84. The van der Waals surface area contributed by atoms with E-state index >= 15 is 0 Å². The van der Waals surface area contributed by atoms with Gasteiger partial charge in [0.15, 0.2) is 11.6 Å². The van der Waals surface area contributed by atoms with Crippen LogP contribution >= 0.6 is 0 Å². The number of carbonyl (C=O) groups excluding carboxylic acids is 2. The first-order valence-corrected chi connectivity index (χ1v) is 10.3. The van der Waals surface area contributed by atoms with E-state index in [0.717, 1.165) is 5.56 Å². The molecule has 0 fully saturated rings. The number of aliphatic hydroxyl groups excluding tert-OH is 1. The molecule has 0 aliphatic heterocycles. The number of aryl methyl sites for hydroxylation is 1. The summed E-state index contributed by atoms with van der Waals surface area (Å²) in [5, 5.41) is 10.6. The van der Waals surface area contributed by atoms with Crippen LogP contribution in [0.25, 0.3) is 0 Å². The van der Waals surface area contributed by atoms with Gasteiger partial charge in [-0.25, -0.2) is 0 Å². The molecule has 0 saturated heterocycles. The van der Waals surface area contributed by atoms with Crippen LogP contribution in [0.2, 0.25) is 0 Å². The fraction of sp³-hybridized carbons (Fsp3) is 0.0714. The summed E-state index contributed by atoms with van der Waals surface area (Å²) in [7, 11) is 0. The maximum absolute atomic E-state index is 13.1. The lowest BCUT2D eigenvalue weighted by atomic mass is 9.99. The van der Waals surface area contributed by atoms with Gasteiger partial charge >= 0.3 is 0 Å². The molecule has 4 heteroatoms. The second-order valence-corrected chi connectivity index (χ2v) is 7.47. The van der Waals surface area contributed by atoms with E-state index in [1.807, 2.05) is 25.1 Å². The predicted molar refractivity (Wildman–Crippen MR) is 123 cm³/mol. The number of hydrogen-bond donors (Lipinski definition) is 1. The molecule has 0 aliphatic rings. The Balaban J connectivity index is 1.70. The van der Waals surface area contributed by atoms with Gasteiger partial charge in [0.25, 0.3) is 0 Å². The molecule has 0 saturated carbocycles. The largest absolute Gasteiger partial charge is 0.456 e. The van der Waals surface area contributed by atoms with Gasteiger partial charge in [0.2, 0.25) is 0 Å². The van der Waals surface area contributed by atoms with Crippen molar-refractivity contribution in [3.8, 4) is 11.5 Å². The van der Waals surface area contributed by atoms with Gasteiger partial charge in [0.1, 0.15) is 17.6 Å². The lowest BCUT2D eigenvalue weighted by molar-refractivity contribution is 0.0745. The molecule has 4 aromatic rings. The van der Waals surface area contributed by atoms with E-state index in [-0.39, 0.29) is 17.1 Å². The van der Waals surface area contributed by atoms with Crippen molar-refractivity contribution >= 4 is 11.6 Å². The van der Waals surface area contributed by atoms with Gasteiger partial charge in [-0.05, 0) is 42.3 Å². The fourth-order valence-electron chi connectivity index (χ4n) is 3.46. The zero-order chi connectivity index (χ0) is 22.5. The Hall–Kier alpha value is -4.02. The molecule has 1 N–H and O–H groups in total. The van der Waals surface area contributed by atoms with Gasteiger partial charge in [0, 0.05) is 5.56 Å². The Bertz CT molecular complexity index is 1250. The molecule has 4 nitrogen and oxygen atoms in total. The molecule has 1 atom stereocenters. The lowest BCUT2D eigenvalue weighted by Gasteiger charge is -2.16. The van der Waals surface area contributed by atoms with Crippen LogP contribution in [0.15, 0.2) is 103 Å². The Labute approximate surface area is 186 Å². The maximum atomic E-state index is 13.1. The van der Waals surface area contributed by atoms with E-state index in [1.54, 1.807) is 84.9 Å². The molecule has 0 bridgehead atoms. The summed E-state index contributed by atoms with van der Waals surface area (Å²) in [5.74, 6) is -0.0161. The van der Waals surface area contributed by atoms with Crippen LogP contribution in [0, 0.1) is 6.92 Å². The van der Waals surface area contributed by atoms with Crippen molar-refractivity contribution in [2.75, 3.05) is 0 Å². The van der Waals surface area contributed by atoms with E-state index in [4.69, 9.17) is 4.74 Å². The van der Waals surface area contributed by atoms with Crippen LogP contribution in [0.5, 0.6) is 11.5 Å². The molecule has 0 radical (unpaired) electrons. The molecular weight excluding hydrogens is 400 g/mol. The number of para-hydroxylation sites is 1. The number of carbonyl (C=O) groups is 2. The van der Waals surface area contributed by atoms with Crippen molar-refractivity contribution < 1.29 is 19.4 Å². The van der Waals surface area contributed by atoms with E-state index < -0.39 is 11.9 Å². The molecule has 1 unspecified atom stereocenters. The smallest absolute Gasteiger partial charge is 0.199 e. The molecule has 0 amide bonds. The number of rotatable bonds is 7. The summed E-state index contributed by atoms with van der Waals surface area (Å²) in [5.41, 5.74) is 2.60. The summed E-state index contributed by atoms with van der Waals surface area (Å²) >= 11 is 0. The molecule has 0 spiro atoms. The van der Waals surface area contributed by atoms with E-state index in [0.29, 0.717) is 22.4 Å². The van der Waals surface area contributed by atoms with Crippen molar-refractivity contribution in [1.82, 2.24) is 0 Å². The lowest BCUT2D eigenvalue weighted by Crippen LogP contribution is -2.13. The van der Waals surface area contributed by atoms with Crippen molar-refractivity contribution in [2.45, 2.75) is 13.0 Å². The molecule has 0 heterocycles. The molecule has 0 aliphatic carbocycles. The van der Waals surface area contributed by atoms with Crippen LogP contribution < -0.4 is 4.74 Å². The van der Waals surface area contributed by atoms with Crippen molar-refractivity contribution in [2.24, 2.45) is 0 Å². The molecule has 32 heavy (non-hydrogen) atoms. The summed E-state index contributed by atoms with van der Waals surface area (Å²) in [6.07, 6.45) is -1.32. The highest BCUT2D eigenvalue weighted by atomic mass is 16.5. The fourth-order valence-corrected chi connectivity index (χ4v) is 3.46. The number of ketones is 2. The van der Waals surface area contributed by atoms with E-state index in [9.17, 15) is 14.7 Å². The van der Waals surface area contributed by atoms with E-state index in [1.165, 1.54) is 0 Å². The highest BCUT2D eigenvalue weighted by Crippen LogP contribution is 2.32. The van der Waals surface area contributed by atoms with Crippen LogP contribution in [0.4, 0.5) is 0 Å². The first kappa shape index (κ1) is 21.2. The molecule has 4 aromatic carbocycles. The quantitative estimate of drug-likeness (QED) is 0.375. The first-order chi connectivity index (χ1) is 15.5.